The lowest BCUT2D eigenvalue weighted by Crippen LogP contribution is -2.41. The Labute approximate surface area is 229 Å². The van der Waals surface area contributed by atoms with Gasteiger partial charge in [0.15, 0.2) is 0 Å². The number of nitrogens with two attached hydrogens (primary N) is 1. The van der Waals surface area contributed by atoms with Crippen molar-refractivity contribution < 1.29 is 22.7 Å². The van der Waals surface area contributed by atoms with Crippen LogP contribution in [0.1, 0.15) is 61.0 Å². The molecule has 2 aromatic carbocycles. The first-order chi connectivity index (χ1) is 19.1. The number of carbonyl (C=O) groups excluding carboxylic acids is 1. The molecule has 6 rings (SSSR count). The molecule has 208 valence electrons. The minimum atomic E-state index is -4.45. The molecule has 2 saturated heterocycles. The number of fused-ring (bicyclic) bond motifs is 2. The zero-order valence-corrected chi connectivity index (χ0v) is 22.3. The number of amides is 1. The van der Waals surface area contributed by atoms with Crippen LogP contribution in [0.5, 0.6) is 0 Å². The first-order valence-electron chi connectivity index (χ1n) is 13.4. The highest BCUT2D eigenvalue weighted by Gasteiger charge is 2.39. The number of rotatable bonds is 5. The van der Waals surface area contributed by atoms with Gasteiger partial charge in [-0.2, -0.15) is 13.2 Å². The van der Waals surface area contributed by atoms with Crippen LogP contribution in [0.3, 0.4) is 0 Å². The number of nitrogens with zero attached hydrogens (tertiary/aromatic N) is 4. The maximum Gasteiger partial charge on any atom is 0.416 e. The van der Waals surface area contributed by atoms with E-state index >= 15 is 0 Å². The number of piperidine rings is 1. The van der Waals surface area contributed by atoms with Crippen LogP contribution in [0.15, 0.2) is 60.9 Å². The van der Waals surface area contributed by atoms with Gasteiger partial charge in [-0.3, -0.25) is 9.20 Å². The van der Waals surface area contributed by atoms with Crippen molar-refractivity contribution in [2.24, 2.45) is 0 Å². The molecule has 4 heterocycles. The van der Waals surface area contributed by atoms with Crippen LogP contribution in [-0.4, -0.2) is 44.9 Å². The maximum atomic E-state index is 13.4. The van der Waals surface area contributed by atoms with Gasteiger partial charge >= 0.3 is 6.18 Å². The van der Waals surface area contributed by atoms with Crippen LogP contribution in [0, 0.1) is 0 Å². The van der Waals surface area contributed by atoms with Crippen molar-refractivity contribution in [2.75, 3.05) is 19.4 Å². The Morgan fingerprint density at radius 3 is 2.50 bits per heavy atom. The van der Waals surface area contributed by atoms with Crippen molar-refractivity contribution in [1.82, 2.24) is 19.3 Å². The normalized spacial score (nSPS) is 21.0. The van der Waals surface area contributed by atoms with Crippen molar-refractivity contribution >= 4 is 17.2 Å². The first kappa shape index (κ1) is 26.3. The monoisotopic (exact) mass is 549 g/mol. The van der Waals surface area contributed by atoms with E-state index < -0.39 is 17.3 Å². The number of benzene rings is 2. The van der Waals surface area contributed by atoms with Crippen molar-refractivity contribution in [1.29, 1.82) is 0 Å². The molecule has 0 bridgehead atoms. The molecule has 2 fully saturated rings. The molecule has 0 radical (unpaired) electrons. The number of hydrogen-bond acceptors (Lipinski definition) is 5. The Bertz CT molecular complexity index is 1580. The Hall–Kier alpha value is -3.92. The van der Waals surface area contributed by atoms with Gasteiger partial charge < -0.3 is 15.4 Å². The standard InChI is InChI=1S/C30H30F3N5O2/c1-29(40-2,21-4-3-5-22(16-21)30(31,32)33)20-9-6-18(7-10-20)25-26-27(34)35-14-15-37(26)28(36-25)19-8-11-23-12-13-24(39)38(23)17-19/h3-7,9-10,14-16,19,23H,8,11-13,17H2,1-2H3,(H2,34,35)/t19-,23+,29-/m1/s1. The molecule has 3 atom stereocenters. The number of ether oxygens (including phenoxy) is 1. The van der Waals surface area contributed by atoms with E-state index in [0.29, 0.717) is 47.2 Å². The number of halogens is 3. The van der Waals surface area contributed by atoms with Crippen molar-refractivity contribution in [3.05, 3.63) is 83.4 Å². The largest absolute Gasteiger partial charge is 0.416 e. The van der Waals surface area contributed by atoms with E-state index in [1.54, 1.807) is 19.2 Å². The van der Waals surface area contributed by atoms with E-state index in [1.807, 2.05) is 39.8 Å². The summed E-state index contributed by atoms with van der Waals surface area (Å²) in [5.41, 5.74) is 7.74. The van der Waals surface area contributed by atoms with Gasteiger partial charge in [-0.25, -0.2) is 9.97 Å². The molecule has 10 heteroatoms. The van der Waals surface area contributed by atoms with Crippen molar-refractivity contribution in [3.63, 3.8) is 0 Å². The quantitative estimate of drug-likeness (QED) is 0.341. The number of anilines is 1. The van der Waals surface area contributed by atoms with E-state index in [2.05, 4.69) is 4.98 Å². The molecule has 2 aliphatic heterocycles. The molecule has 4 aromatic rings. The third-order valence-corrected chi connectivity index (χ3v) is 8.55. The van der Waals surface area contributed by atoms with Gasteiger partial charge in [0.05, 0.1) is 5.56 Å². The van der Waals surface area contributed by atoms with Gasteiger partial charge in [0.2, 0.25) is 5.91 Å². The number of imidazole rings is 1. The first-order valence-corrected chi connectivity index (χ1v) is 13.4. The zero-order chi connectivity index (χ0) is 28.2. The average Bonchev–Trinajstić information content (AvgIpc) is 3.53. The van der Waals surface area contributed by atoms with E-state index in [1.165, 1.54) is 13.2 Å². The number of carbonyl (C=O) groups is 1. The number of aromatic nitrogens is 3. The maximum absolute atomic E-state index is 13.4. The third-order valence-electron chi connectivity index (χ3n) is 8.55. The van der Waals surface area contributed by atoms with Gasteiger partial charge in [-0.15, -0.1) is 0 Å². The zero-order valence-electron chi connectivity index (χ0n) is 22.3. The molecule has 0 unspecified atom stereocenters. The number of hydrogen-bond donors (Lipinski definition) is 1. The molecular weight excluding hydrogens is 519 g/mol. The molecule has 1 amide bonds. The van der Waals surface area contributed by atoms with Gasteiger partial charge in [-0.1, -0.05) is 36.4 Å². The highest BCUT2D eigenvalue weighted by molar-refractivity contribution is 5.85. The minimum absolute atomic E-state index is 0.0679. The summed E-state index contributed by atoms with van der Waals surface area (Å²) in [6.45, 7) is 2.38. The highest BCUT2D eigenvalue weighted by Crippen LogP contribution is 2.40. The summed E-state index contributed by atoms with van der Waals surface area (Å²) >= 11 is 0. The van der Waals surface area contributed by atoms with E-state index in [4.69, 9.17) is 15.5 Å². The van der Waals surface area contributed by atoms with Crippen LogP contribution in [0.4, 0.5) is 19.0 Å². The molecule has 2 aromatic heterocycles. The van der Waals surface area contributed by atoms with Gasteiger partial charge in [0.25, 0.3) is 0 Å². The fourth-order valence-electron chi connectivity index (χ4n) is 6.19. The van der Waals surface area contributed by atoms with Crippen LogP contribution in [-0.2, 0) is 21.3 Å². The summed E-state index contributed by atoms with van der Waals surface area (Å²) < 4.78 is 48.0. The average molecular weight is 550 g/mol. The predicted molar refractivity (Wildman–Crippen MR) is 144 cm³/mol. The second-order valence-electron chi connectivity index (χ2n) is 10.8. The Kier molecular flexibility index (Phi) is 6.33. The van der Waals surface area contributed by atoms with Gasteiger partial charge in [0.1, 0.15) is 28.5 Å². The topological polar surface area (TPSA) is 85.8 Å². The van der Waals surface area contributed by atoms with Crippen molar-refractivity contribution in [3.8, 4) is 11.3 Å². The van der Waals surface area contributed by atoms with Crippen LogP contribution >= 0.6 is 0 Å². The molecule has 2 aliphatic rings. The molecule has 2 N–H and O–H groups in total. The second kappa shape index (κ2) is 9.62. The Morgan fingerprint density at radius 2 is 1.77 bits per heavy atom. The third kappa shape index (κ3) is 4.30. The fraction of sp³-hybridized carbons (Fsp3) is 0.367. The van der Waals surface area contributed by atoms with Gasteiger partial charge in [0, 0.05) is 50.0 Å². The Morgan fingerprint density at radius 1 is 1.02 bits per heavy atom. The van der Waals surface area contributed by atoms with Crippen molar-refractivity contribution in [2.45, 2.75) is 56.3 Å². The smallest absolute Gasteiger partial charge is 0.382 e. The summed E-state index contributed by atoms with van der Waals surface area (Å²) in [7, 11) is 1.48. The lowest BCUT2D eigenvalue weighted by molar-refractivity contribution is -0.137. The van der Waals surface area contributed by atoms with Crippen LogP contribution in [0.2, 0.25) is 0 Å². The molecule has 7 nitrogen and oxygen atoms in total. The lowest BCUT2D eigenvalue weighted by Gasteiger charge is -2.34. The number of alkyl halides is 3. The minimum Gasteiger partial charge on any atom is -0.382 e. The number of nitrogen functional groups attached to an aromatic ring is 1. The summed E-state index contributed by atoms with van der Waals surface area (Å²) in [4.78, 5) is 23.8. The van der Waals surface area contributed by atoms with E-state index in [0.717, 1.165) is 42.8 Å². The molecule has 0 saturated carbocycles. The summed E-state index contributed by atoms with van der Waals surface area (Å²) in [5, 5.41) is 0. The molecule has 0 aliphatic carbocycles. The van der Waals surface area contributed by atoms with Crippen LogP contribution < -0.4 is 5.73 Å². The summed E-state index contributed by atoms with van der Waals surface area (Å²) in [6, 6.07) is 12.9. The molecule has 40 heavy (non-hydrogen) atoms. The highest BCUT2D eigenvalue weighted by atomic mass is 19.4. The van der Waals surface area contributed by atoms with E-state index in [-0.39, 0.29) is 11.8 Å². The predicted octanol–water partition coefficient (Wildman–Crippen LogP) is 5.78. The summed E-state index contributed by atoms with van der Waals surface area (Å²) in [6.07, 6.45) is 2.44. The second-order valence-corrected chi connectivity index (χ2v) is 10.8. The molecular formula is C30H30F3N5O2. The molecule has 0 spiro atoms. The van der Waals surface area contributed by atoms with Gasteiger partial charge in [-0.05, 0) is 49.4 Å². The lowest BCUT2D eigenvalue weighted by atomic mass is 9.86. The van der Waals surface area contributed by atoms with Crippen LogP contribution in [0.25, 0.3) is 16.8 Å². The fourth-order valence-corrected chi connectivity index (χ4v) is 6.19. The SMILES string of the molecule is CO[C@](C)(c1ccc(-c2nc([C@@H]3CC[C@H]4CCC(=O)N4C3)n3ccnc(N)c23)cc1)c1cccc(C(F)(F)F)c1. The van der Waals surface area contributed by atoms with E-state index in [9.17, 15) is 18.0 Å². The number of methoxy groups -OCH3 is 1. The Balaban J connectivity index is 1.37. The summed E-state index contributed by atoms with van der Waals surface area (Å²) in [5.74, 6) is 1.46.